The minimum Gasteiger partial charge on any atom is -0.507 e. The molecule has 2 unspecified atom stereocenters. The lowest BCUT2D eigenvalue weighted by molar-refractivity contribution is -0.115. The molecule has 2 fully saturated rings. The number of rotatable bonds is 5. The molecule has 2 aliphatic rings. The summed E-state index contributed by atoms with van der Waals surface area (Å²) in [6.07, 6.45) is 5.46. The molecule has 1 aromatic heterocycles. The van der Waals surface area contributed by atoms with Crippen LogP contribution in [0.15, 0.2) is 36.4 Å². The van der Waals surface area contributed by atoms with Crippen LogP contribution >= 0.6 is 0 Å². The van der Waals surface area contributed by atoms with Gasteiger partial charge in [-0.1, -0.05) is 6.07 Å². The second-order valence-electron chi connectivity index (χ2n) is 7.52. The summed E-state index contributed by atoms with van der Waals surface area (Å²) in [7, 11) is 3.65. The number of piperidine rings is 1. The second-order valence-corrected chi connectivity index (χ2v) is 7.52. The molecule has 4 rings (SSSR count). The van der Waals surface area contributed by atoms with E-state index in [2.05, 4.69) is 32.8 Å². The number of phenols is 1. The van der Waals surface area contributed by atoms with Crippen LogP contribution in [0.4, 0.5) is 5.82 Å². The summed E-state index contributed by atoms with van der Waals surface area (Å²) in [6.45, 7) is 1.08. The molecule has 3 N–H and O–H groups in total. The Morgan fingerprint density at radius 2 is 2.14 bits per heavy atom. The van der Waals surface area contributed by atoms with Crippen molar-refractivity contribution in [2.45, 2.75) is 24.9 Å². The molecule has 7 nitrogen and oxygen atoms in total. The zero-order valence-electron chi connectivity index (χ0n) is 16.1. The third-order valence-electron chi connectivity index (χ3n) is 5.81. The van der Waals surface area contributed by atoms with Crippen LogP contribution in [0.5, 0.6) is 5.75 Å². The topological polar surface area (TPSA) is 90.4 Å². The predicted molar refractivity (Wildman–Crippen MR) is 109 cm³/mol. The number of aromatic nitrogens is 2. The number of amides is 1. The van der Waals surface area contributed by atoms with Crippen LogP contribution in [0.3, 0.4) is 0 Å². The Kier molecular flexibility index (Phi) is 5.00. The highest BCUT2D eigenvalue weighted by molar-refractivity contribution is 5.91. The molecular formula is C21H25N5O2. The van der Waals surface area contributed by atoms with Crippen LogP contribution in [0.2, 0.25) is 0 Å². The number of nitrogens with one attached hydrogen (secondary N) is 2. The standard InChI is InChI=1S/C21H25N5O2/c1-22-21(28)8-4-13-3-5-16(19(27)9-13)17-6-7-20(25-24-17)26(2)18-11-15-10-14(18)12-23-15/h3-9,14-15,18,23,27H,10-12H2,1-2H3,(H,22,28)/b8-4+/t14?,15?,18-/m1/s1. The first kappa shape index (κ1) is 18.4. The summed E-state index contributed by atoms with van der Waals surface area (Å²) < 4.78 is 0. The Morgan fingerprint density at radius 1 is 1.29 bits per heavy atom. The van der Waals surface area contributed by atoms with Crippen LogP contribution in [0, 0.1) is 5.92 Å². The number of hydrogen-bond acceptors (Lipinski definition) is 6. The van der Waals surface area contributed by atoms with E-state index >= 15 is 0 Å². The molecule has 2 heterocycles. The Hall–Kier alpha value is -2.93. The zero-order valence-corrected chi connectivity index (χ0v) is 16.1. The van der Waals surface area contributed by atoms with Gasteiger partial charge >= 0.3 is 0 Å². The van der Waals surface area contributed by atoms with Gasteiger partial charge in [-0.3, -0.25) is 4.79 Å². The van der Waals surface area contributed by atoms with E-state index < -0.39 is 0 Å². The summed E-state index contributed by atoms with van der Waals surface area (Å²) in [5.41, 5.74) is 1.97. The average molecular weight is 379 g/mol. The largest absolute Gasteiger partial charge is 0.507 e. The van der Waals surface area contributed by atoms with E-state index in [0.717, 1.165) is 24.3 Å². The smallest absolute Gasteiger partial charge is 0.243 e. The van der Waals surface area contributed by atoms with Gasteiger partial charge in [-0.25, -0.2) is 0 Å². The predicted octanol–water partition coefficient (Wildman–Crippen LogP) is 1.79. The quantitative estimate of drug-likeness (QED) is 0.687. The van der Waals surface area contributed by atoms with Crippen molar-refractivity contribution in [1.82, 2.24) is 20.8 Å². The Balaban J connectivity index is 1.49. The van der Waals surface area contributed by atoms with E-state index in [0.29, 0.717) is 29.3 Å². The van der Waals surface area contributed by atoms with Gasteiger partial charge in [0, 0.05) is 44.4 Å². The summed E-state index contributed by atoms with van der Waals surface area (Å²) in [4.78, 5) is 13.5. The highest BCUT2D eigenvalue weighted by atomic mass is 16.3. The van der Waals surface area contributed by atoms with Crippen molar-refractivity contribution in [3.8, 4) is 17.0 Å². The first-order valence-corrected chi connectivity index (χ1v) is 9.58. The fourth-order valence-electron chi connectivity index (χ4n) is 4.23. The van der Waals surface area contributed by atoms with Gasteiger partial charge in [-0.2, -0.15) is 0 Å². The highest BCUT2D eigenvalue weighted by Crippen LogP contribution is 2.36. The van der Waals surface area contributed by atoms with E-state index in [1.165, 1.54) is 12.5 Å². The average Bonchev–Trinajstić information content (AvgIpc) is 3.35. The molecule has 1 aromatic carbocycles. The van der Waals surface area contributed by atoms with Gasteiger partial charge in [0.25, 0.3) is 0 Å². The minimum atomic E-state index is -0.194. The number of aromatic hydroxyl groups is 1. The number of phenolic OH excluding ortho intramolecular Hbond substituents is 1. The summed E-state index contributed by atoms with van der Waals surface area (Å²) in [5.74, 6) is 1.44. The molecule has 7 heteroatoms. The van der Waals surface area contributed by atoms with Crippen molar-refractivity contribution >= 4 is 17.8 Å². The van der Waals surface area contributed by atoms with E-state index in [-0.39, 0.29) is 11.7 Å². The van der Waals surface area contributed by atoms with Gasteiger partial charge in [0.05, 0.1) is 5.69 Å². The summed E-state index contributed by atoms with van der Waals surface area (Å²) in [5, 5.41) is 25.1. The Morgan fingerprint density at radius 3 is 2.75 bits per heavy atom. The van der Waals surface area contributed by atoms with Crippen LogP contribution in [0.25, 0.3) is 17.3 Å². The van der Waals surface area contributed by atoms with Gasteiger partial charge in [-0.05, 0) is 54.7 Å². The number of anilines is 1. The van der Waals surface area contributed by atoms with Crippen molar-refractivity contribution in [2.75, 3.05) is 25.5 Å². The lowest BCUT2D eigenvalue weighted by Crippen LogP contribution is -2.43. The first-order valence-electron chi connectivity index (χ1n) is 9.58. The number of fused-ring (bicyclic) bond motifs is 2. The molecule has 1 amide bonds. The lowest BCUT2D eigenvalue weighted by Gasteiger charge is -2.32. The SMILES string of the molecule is CNC(=O)/C=C/c1ccc(-c2ccc(N(C)[C@@H]3CC4CC3CN4)nn2)c(O)c1. The third-order valence-corrected chi connectivity index (χ3v) is 5.81. The molecular weight excluding hydrogens is 354 g/mol. The molecule has 1 saturated carbocycles. The third kappa shape index (κ3) is 3.57. The van der Waals surface area contributed by atoms with Gasteiger partial charge in [0.1, 0.15) is 5.75 Å². The number of benzene rings is 1. The Bertz CT molecular complexity index is 896. The van der Waals surface area contributed by atoms with E-state index in [4.69, 9.17) is 0 Å². The Labute approximate surface area is 164 Å². The molecule has 146 valence electrons. The summed E-state index contributed by atoms with van der Waals surface area (Å²) in [6, 6.07) is 10.2. The second kappa shape index (κ2) is 7.59. The van der Waals surface area contributed by atoms with E-state index in [1.807, 2.05) is 18.2 Å². The minimum absolute atomic E-state index is 0.105. The van der Waals surface area contributed by atoms with E-state index in [1.54, 1.807) is 25.3 Å². The lowest BCUT2D eigenvalue weighted by atomic mass is 10.0. The molecule has 2 bridgehead atoms. The maximum atomic E-state index is 11.3. The molecule has 1 aliphatic carbocycles. The maximum absolute atomic E-state index is 11.3. The molecule has 0 spiro atoms. The normalized spacial score (nSPS) is 23.3. The monoisotopic (exact) mass is 379 g/mol. The van der Waals surface area contributed by atoms with Crippen molar-refractivity contribution in [3.63, 3.8) is 0 Å². The fraction of sp³-hybridized carbons (Fsp3) is 0.381. The van der Waals surface area contributed by atoms with Crippen LogP contribution in [-0.2, 0) is 4.79 Å². The zero-order chi connectivity index (χ0) is 19.7. The van der Waals surface area contributed by atoms with Crippen molar-refractivity contribution in [2.24, 2.45) is 5.92 Å². The fourth-order valence-corrected chi connectivity index (χ4v) is 4.23. The highest BCUT2D eigenvalue weighted by Gasteiger charge is 2.41. The van der Waals surface area contributed by atoms with Crippen molar-refractivity contribution < 1.29 is 9.90 Å². The summed E-state index contributed by atoms with van der Waals surface area (Å²) >= 11 is 0. The van der Waals surface area contributed by atoms with Crippen molar-refractivity contribution in [1.29, 1.82) is 0 Å². The van der Waals surface area contributed by atoms with Gasteiger partial charge < -0.3 is 20.6 Å². The van der Waals surface area contributed by atoms with E-state index in [9.17, 15) is 9.90 Å². The molecule has 1 aliphatic heterocycles. The number of nitrogens with zero attached hydrogens (tertiary/aromatic N) is 3. The number of likely N-dealkylation sites (N-methyl/N-ethyl adjacent to an activating group) is 1. The van der Waals surface area contributed by atoms with Crippen LogP contribution in [0.1, 0.15) is 18.4 Å². The number of carbonyl (C=O) groups is 1. The molecule has 1 saturated heterocycles. The number of carbonyl (C=O) groups excluding carboxylic acids is 1. The molecule has 28 heavy (non-hydrogen) atoms. The van der Waals surface area contributed by atoms with Crippen molar-refractivity contribution in [3.05, 3.63) is 42.0 Å². The number of hydrogen-bond donors (Lipinski definition) is 3. The molecule has 0 radical (unpaired) electrons. The van der Waals surface area contributed by atoms with Gasteiger partial charge in [0.2, 0.25) is 5.91 Å². The maximum Gasteiger partial charge on any atom is 0.243 e. The van der Waals surface area contributed by atoms with Crippen LogP contribution in [-0.4, -0.2) is 53.9 Å². The van der Waals surface area contributed by atoms with Gasteiger partial charge in [-0.15, -0.1) is 10.2 Å². The van der Waals surface area contributed by atoms with Crippen LogP contribution < -0.4 is 15.5 Å². The molecule has 3 atom stereocenters. The van der Waals surface area contributed by atoms with Gasteiger partial charge in [0.15, 0.2) is 5.82 Å². The first-order chi connectivity index (χ1) is 13.5. The molecule has 2 aromatic rings.